The van der Waals surface area contributed by atoms with Gasteiger partial charge in [0.15, 0.2) is 0 Å². The zero-order chi connectivity index (χ0) is 27.0. The lowest BCUT2D eigenvalue weighted by Gasteiger charge is -2.29. The lowest BCUT2D eigenvalue weighted by Crippen LogP contribution is -2.18. The molecular formula is C35H62O. The van der Waals surface area contributed by atoms with Gasteiger partial charge in [0.05, 0.1) is 0 Å². The first-order valence-corrected chi connectivity index (χ1v) is 15.5. The second-order valence-electron chi connectivity index (χ2n) is 13.4. The van der Waals surface area contributed by atoms with Crippen molar-refractivity contribution in [3.8, 4) is 5.75 Å². The Labute approximate surface area is 226 Å². The Morgan fingerprint density at radius 1 is 0.639 bits per heavy atom. The van der Waals surface area contributed by atoms with Crippen LogP contribution in [0.15, 0.2) is 24.8 Å². The van der Waals surface area contributed by atoms with E-state index >= 15 is 0 Å². The number of rotatable bonds is 19. The van der Waals surface area contributed by atoms with Crippen LogP contribution in [0.1, 0.15) is 180 Å². The third kappa shape index (κ3) is 12.8. The van der Waals surface area contributed by atoms with Gasteiger partial charge in [0.25, 0.3) is 0 Å². The van der Waals surface area contributed by atoms with Gasteiger partial charge in [-0.3, -0.25) is 0 Å². The maximum absolute atomic E-state index is 11.0. The normalized spacial score (nSPS) is 13.2. The molecule has 1 N–H and O–H groups in total. The molecule has 0 aliphatic rings. The molecule has 1 heteroatoms. The zero-order valence-electron chi connectivity index (χ0n) is 25.5. The highest BCUT2D eigenvalue weighted by Crippen LogP contribution is 2.42. The van der Waals surface area contributed by atoms with Gasteiger partial charge in [-0.25, -0.2) is 0 Å². The van der Waals surface area contributed by atoms with E-state index in [-0.39, 0.29) is 10.8 Å². The van der Waals surface area contributed by atoms with Crippen LogP contribution in [0.25, 0.3) is 0 Å². The molecule has 0 fully saturated rings. The Bertz CT molecular complexity index is 680. The highest BCUT2D eigenvalue weighted by Gasteiger charge is 2.27. The Hall–Kier alpha value is -1.24. The van der Waals surface area contributed by atoms with E-state index in [1.165, 1.54) is 108 Å². The maximum Gasteiger partial charge on any atom is 0.123 e. The lowest BCUT2D eigenvalue weighted by molar-refractivity contribution is 0.422. The zero-order valence-corrected chi connectivity index (χ0v) is 25.5. The van der Waals surface area contributed by atoms with Crippen LogP contribution in [0.5, 0.6) is 5.75 Å². The molecule has 0 bridgehead atoms. The third-order valence-corrected chi connectivity index (χ3v) is 7.83. The molecule has 1 atom stereocenters. The Morgan fingerprint density at radius 3 is 1.28 bits per heavy atom. The molecule has 0 aliphatic heterocycles. The molecule has 0 saturated carbocycles. The molecule has 0 spiro atoms. The minimum absolute atomic E-state index is 0.0833. The molecule has 1 rings (SSSR count). The predicted octanol–water partition coefficient (Wildman–Crippen LogP) is 11.9. The molecule has 0 aliphatic carbocycles. The molecule has 0 saturated heterocycles. The van der Waals surface area contributed by atoms with Crippen LogP contribution < -0.4 is 0 Å². The van der Waals surface area contributed by atoms with Gasteiger partial charge in [0.1, 0.15) is 5.75 Å². The summed E-state index contributed by atoms with van der Waals surface area (Å²) in [4.78, 5) is 0. The van der Waals surface area contributed by atoms with Crippen LogP contribution in [0.3, 0.4) is 0 Å². The number of hydrogen-bond acceptors (Lipinski definition) is 1. The molecule has 1 unspecified atom stereocenters. The summed E-state index contributed by atoms with van der Waals surface area (Å²) in [6, 6.07) is 4.48. The van der Waals surface area contributed by atoms with Crippen molar-refractivity contribution in [1.82, 2.24) is 0 Å². The van der Waals surface area contributed by atoms with Crippen LogP contribution in [-0.2, 0) is 10.8 Å². The predicted molar refractivity (Wildman–Crippen MR) is 163 cm³/mol. The summed E-state index contributed by atoms with van der Waals surface area (Å²) in [6.45, 7) is 19.6. The van der Waals surface area contributed by atoms with Crippen molar-refractivity contribution < 1.29 is 5.11 Å². The van der Waals surface area contributed by atoms with E-state index in [1.54, 1.807) is 0 Å². The van der Waals surface area contributed by atoms with Gasteiger partial charge in [-0.15, -0.1) is 6.58 Å². The van der Waals surface area contributed by atoms with Crippen LogP contribution in [0.2, 0.25) is 0 Å². The van der Waals surface area contributed by atoms with Gasteiger partial charge in [-0.2, -0.15) is 0 Å². The Morgan fingerprint density at radius 2 is 0.972 bits per heavy atom. The molecule has 0 amide bonds. The molecule has 208 valence electrons. The summed E-state index contributed by atoms with van der Waals surface area (Å²) in [6.07, 6.45) is 25.8. The fourth-order valence-corrected chi connectivity index (χ4v) is 5.35. The highest BCUT2D eigenvalue weighted by molar-refractivity contribution is 5.51. The average Bonchev–Trinajstić information content (AvgIpc) is 2.80. The number of benzene rings is 1. The van der Waals surface area contributed by atoms with E-state index in [2.05, 4.69) is 73.3 Å². The smallest absolute Gasteiger partial charge is 0.123 e. The van der Waals surface area contributed by atoms with Crippen molar-refractivity contribution in [1.29, 1.82) is 0 Å². The van der Waals surface area contributed by atoms with Gasteiger partial charge in [0, 0.05) is 5.92 Å². The van der Waals surface area contributed by atoms with Crippen molar-refractivity contribution in [3.63, 3.8) is 0 Å². The van der Waals surface area contributed by atoms with Gasteiger partial charge < -0.3 is 5.11 Å². The first kappa shape index (κ1) is 32.8. The van der Waals surface area contributed by atoms with E-state index in [0.717, 1.165) is 17.5 Å². The third-order valence-electron chi connectivity index (χ3n) is 7.83. The van der Waals surface area contributed by atoms with E-state index in [9.17, 15) is 5.11 Å². The van der Waals surface area contributed by atoms with Crippen LogP contribution in [-0.4, -0.2) is 5.11 Å². The van der Waals surface area contributed by atoms with Crippen molar-refractivity contribution in [3.05, 3.63) is 41.5 Å². The summed E-state index contributed by atoms with van der Waals surface area (Å²) in [7, 11) is 0. The minimum Gasteiger partial charge on any atom is -0.507 e. The summed E-state index contributed by atoms with van der Waals surface area (Å²) in [5, 5.41) is 11.0. The number of phenols is 1. The Balaban J connectivity index is 2.32. The van der Waals surface area contributed by atoms with E-state index in [0.29, 0.717) is 11.7 Å². The van der Waals surface area contributed by atoms with Gasteiger partial charge in [-0.1, -0.05) is 169 Å². The number of allylic oxidation sites excluding steroid dienone is 1. The molecule has 0 aromatic heterocycles. The second-order valence-corrected chi connectivity index (χ2v) is 13.4. The summed E-state index contributed by atoms with van der Waals surface area (Å²) < 4.78 is 0. The van der Waals surface area contributed by atoms with Crippen molar-refractivity contribution >= 4 is 0 Å². The molecular weight excluding hydrogens is 436 g/mol. The Kier molecular flexibility index (Phi) is 15.8. The number of phenolic OH excluding ortho intramolecular Hbond substituents is 1. The van der Waals surface area contributed by atoms with Crippen molar-refractivity contribution in [2.24, 2.45) is 0 Å². The molecule has 1 aromatic rings. The first-order valence-electron chi connectivity index (χ1n) is 15.5. The monoisotopic (exact) mass is 498 g/mol. The highest BCUT2D eigenvalue weighted by atomic mass is 16.3. The maximum atomic E-state index is 11.0. The quantitative estimate of drug-likeness (QED) is 0.148. The van der Waals surface area contributed by atoms with Crippen LogP contribution >= 0.6 is 0 Å². The van der Waals surface area contributed by atoms with Crippen molar-refractivity contribution in [2.45, 2.75) is 174 Å². The van der Waals surface area contributed by atoms with Crippen molar-refractivity contribution in [2.75, 3.05) is 0 Å². The topological polar surface area (TPSA) is 20.2 Å². The van der Waals surface area contributed by atoms with E-state index < -0.39 is 0 Å². The fraction of sp³-hybridized carbons (Fsp3) is 0.771. The van der Waals surface area contributed by atoms with Gasteiger partial charge >= 0.3 is 0 Å². The lowest BCUT2D eigenvalue weighted by atomic mass is 9.76. The first-order chi connectivity index (χ1) is 17.0. The number of unbranched alkanes of at least 4 members (excludes halogenated alkanes) is 15. The van der Waals surface area contributed by atoms with Crippen LogP contribution in [0, 0.1) is 0 Å². The number of hydrogen-bond donors (Lipinski definition) is 1. The van der Waals surface area contributed by atoms with Crippen LogP contribution in [0.4, 0.5) is 0 Å². The molecule has 0 heterocycles. The SMILES string of the molecule is C=CC(CCCCCCCCCCCCCCCCCC)c1cc(C(C)(C)C)c(O)c(C(C)(C)C)c1. The molecule has 0 radical (unpaired) electrons. The summed E-state index contributed by atoms with van der Waals surface area (Å²) in [5.41, 5.74) is 3.27. The van der Waals surface area contributed by atoms with Gasteiger partial charge in [-0.05, 0) is 33.9 Å². The molecule has 1 nitrogen and oxygen atoms in total. The van der Waals surface area contributed by atoms with Gasteiger partial charge in [0.2, 0.25) is 0 Å². The number of aromatic hydroxyl groups is 1. The second kappa shape index (κ2) is 17.3. The summed E-state index contributed by atoms with van der Waals surface area (Å²) in [5.74, 6) is 0.836. The fourth-order valence-electron chi connectivity index (χ4n) is 5.35. The molecule has 36 heavy (non-hydrogen) atoms. The average molecular weight is 499 g/mol. The summed E-state index contributed by atoms with van der Waals surface area (Å²) >= 11 is 0. The molecule has 1 aromatic carbocycles. The minimum atomic E-state index is -0.0833. The largest absolute Gasteiger partial charge is 0.507 e. The van der Waals surface area contributed by atoms with E-state index in [1.807, 2.05) is 0 Å². The van der Waals surface area contributed by atoms with E-state index in [4.69, 9.17) is 0 Å². The standard InChI is InChI=1S/C35H62O/c1-9-11-12-13-14-15-16-17-18-19-20-21-22-23-24-25-26-29(10-2)30-27-31(34(3,4)5)33(36)32(28-30)35(6,7)8/h10,27-29,36H,2,9,11-26H2,1,3-8H3.